The van der Waals surface area contributed by atoms with Gasteiger partial charge in [0.25, 0.3) is 0 Å². The zero-order chi connectivity index (χ0) is 20.9. The summed E-state index contributed by atoms with van der Waals surface area (Å²) in [4.78, 5) is 24.6. The van der Waals surface area contributed by atoms with E-state index in [9.17, 15) is 9.59 Å². The average molecular weight is 398 g/mol. The highest BCUT2D eigenvalue weighted by Crippen LogP contribution is 2.06. The third-order valence-electron chi connectivity index (χ3n) is 4.00. The Hall–Kier alpha value is -3.55. The number of benzene rings is 2. The molecule has 0 bridgehead atoms. The second kappa shape index (κ2) is 12.0. The predicted molar refractivity (Wildman–Crippen MR) is 109 cm³/mol. The Kier molecular flexibility index (Phi) is 9.01. The molecule has 2 aromatic carbocycles. The highest BCUT2D eigenvalue weighted by Gasteiger charge is 2.23. The zero-order valence-corrected chi connectivity index (χ0v) is 16.1. The molecule has 154 valence electrons. The second-order valence-corrected chi connectivity index (χ2v) is 6.33. The zero-order valence-electron chi connectivity index (χ0n) is 16.1. The van der Waals surface area contributed by atoms with Gasteiger partial charge in [-0.15, -0.1) is 0 Å². The quantitative estimate of drug-likeness (QED) is 0.210. The Balaban J connectivity index is 1.87. The first-order valence-electron chi connectivity index (χ1n) is 9.30. The van der Waals surface area contributed by atoms with Crippen LogP contribution in [0, 0.1) is 5.41 Å². The third kappa shape index (κ3) is 8.79. The van der Waals surface area contributed by atoms with Crippen LogP contribution in [-0.2, 0) is 27.5 Å². The molecule has 29 heavy (non-hydrogen) atoms. The van der Waals surface area contributed by atoms with Crippen molar-refractivity contribution < 1.29 is 19.1 Å². The maximum Gasteiger partial charge on any atom is 0.408 e. The number of nitrogens with two attached hydrogens (primary N) is 1. The van der Waals surface area contributed by atoms with Crippen molar-refractivity contribution in [3.05, 3.63) is 71.8 Å². The highest BCUT2D eigenvalue weighted by molar-refractivity contribution is 5.81. The first-order valence-corrected chi connectivity index (χ1v) is 9.30. The molecule has 8 nitrogen and oxygen atoms in total. The topological polar surface area (TPSA) is 127 Å². The molecule has 1 atom stereocenters. The molecule has 0 saturated heterocycles. The summed E-state index contributed by atoms with van der Waals surface area (Å²) in [6.45, 7) is 0.617. The summed E-state index contributed by atoms with van der Waals surface area (Å²) in [5, 5.41) is 12.4. The first-order chi connectivity index (χ1) is 14.0. The Labute approximate surface area is 169 Å². The number of guanidine groups is 1. The molecule has 0 fully saturated rings. The molecule has 0 aromatic heterocycles. The van der Waals surface area contributed by atoms with Crippen molar-refractivity contribution in [2.24, 2.45) is 5.73 Å². The van der Waals surface area contributed by atoms with Gasteiger partial charge in [0, 0.05) is 6.54 Å². The van der Waals surface area contributed by atoms with E-state index >= 15 is 0 Å². The van der Waals surface area contributed by atoms with Crippen molar-refractivity contribution in [2.45, 2.75) is 32.1 Å². The lowest BCUT2D eigenvalue weighted by Gasteiger charge is -2.18. The SMILES string of the molecule is N=C(N)NCCC[C@H](NC(=O)OCc1ccccc1)C(=O)OCc1ccccc1. The lowest BCUT2D eigenvalue weighted by Crippen LogP contribution is -2.42. The van der Waals surface area contributed by atoms with E-state index in [1.165, 1.54) is 0 Å². The van der Waals surface area contributed by atoms with Crippen molar-refractivity contribution in [1.82, 2.24) is 10.6 Å². The Bertz CT molecular complexity index is 784. The number of carbonyl (C=O) groups is 2. The van der Waals surface area contributed by atoms with E-state index in [-0.39, 0.29) is 19.2 Å². The maximum atomic E-state index is 12.5. The highest BCUT2D eigenvalue weighted by atomic mass is 16.6. The smallest absolute Gasteiger partial charge is 0.408 e. The van der Waals surface area contributed by atoms with Crippen molar-refractivity contribution >= 4 is 18.0 Å². The lowest BCUT2D eigenvalue weighted by atomic mass is 10.1. The monoisotopic (exact) mass is 398 g/mol. The van der Waals surface area contributed by atoms with Crippen LogP contribution < -0.4 is 16.4 Å². The number of amides is 1. The number of hydrogen-bond acceptors (Lipinski definition) is 5. The Morgan fingerprint density at radius 2 is 1.48 bits per heavy atom. The first kappa shape index (κ1) is 21.7. The standard InChI is InChI=1S/C21H26N4O4/c22-20(23)24-13-7-12-18(19(26)28-14-16-8-3-1-4-9-16)25-21(27)29-15-17-10-5-2-6-11-17/h1-6,8-11,18H,7,12-15H2,(H,25,27)(H4,22,23,24)/t18-/m0/s1. The fourth-order valence-electron chi connectivity index (χ4n) is 2.51. The number of esters is 1. The fourth-order valence-corrected chi connectivity index (χ4v) is 2.51. The summed E-state index contributed by atoms with van der Waals surface area (Å²) in [6, 6.07) is 17.7. The average Bonchev–Trinajstić information content (AvgIpc) is 2.74. The van der Waals surface area contributed by atoms with Crippen LogP contribution >= 0.6 is 0 Å². The summed E-state index contributed by atoms with van der Waals surface area (Å²) in [6.07, 6.45) is 0.118. The van der Waals surface area contributed by atoms with Crippen LogP contribution in [-0.4, -0.2) is 30.6 Å². The molecule has 2 rings (SSSR count). The van der Waals surface area contributed by atoms with E-state index in [4.69, 9.17) is 20.6 Å². The number of nitrogens with one attached hydrogen (secondary N) is 3. The molecule has 0 heterocycles. The van der Waals surface area contributed by atoms with E-state index < -0.39 is 18.1 Å². The van der Waals surface area contributed by atoms with Gasteiger partial charge >= 0.3 is 12.1 Å². The molecule has 0 saturated carbocycles. The van der Waals surface area contributed by atoms with E-state index in [0.717, 1.165) is 11.1 Å². The van der Waals surface area contributed by atoms with Crippen LogP contribution in [0.3, 0.4) is 0 Å². The fraction of sp³-hybridized carbons (Fsp3) is 0.286. The molecule has 0 aliphatic rings. The van der Waals surface area contributed by atoms with Crippen molar-refractivity contribution in [3.63, 3.8) is 0 Å². The molecular weight excluding hydrogens is 372 g/mol. The number of carbonyl (C=O) groups excluding carboxylic acids is 2. The lowest BCUT2D eigenvalue weighted by molar-refractivity contribution is -0.147. The van der Waals surface area contributed by atoms with Gasteiger partial charge in [0.05, 0.1) is 0 Å². The van der Waals surface area contributed by atoms with Gasteiger partial charge in [-0.05, 0) is 24.0 Å². The van der Waals surface area contributed by atoms with Gasteiger partial charge in [0.2, 0.25) is 0 Å². The molecule has 8 heteroatoms. The van der Waals surface area contributed by atoms with Crippen molar-refractivity contribution in [3.8, 4) is 0 Å². The van der Waals surface area contributed by atoms with Gasteiger partial charge in [-0.2, -0.15) is 0 Å². The van der Waals surface area contributed by atoms with Crippen LogP contribution in [0.25, 0.3) is 0 Å². The summed E-state index contributed by atoms with van der Waals surface area (Å²) in [5.74, 6) is -0.697. The van der Waals surface area contributed by atoms with Crippen molar-refractivity contribution in [1.29, 1.82) is 5.41 Å². The van der Waals surface area contributed by atoms with Crippen LogP contribution in [0.2, 0.25) is 0 Å². The minimum absolute atomic E-state index is 0.102. The molecule has 0 aliphatic heterocycles. The number of alkyl carbamates (subject to hydrolysis) is 1. The second-order valence-electron chi connectivity index (χ2n) is 6.33. The number of rotatable bonds is 10. The minimum Gasteiger partial charge on any atom is -0.459 e. The molecule has 5 N–H and O–H groups in total. The number of ether oxygens (including phenoxy) is 2. The molecule has 0 unspecified atom stereocenters. The van der Waals surface area contributed by atoms with Crippen LogP contribution in [0.1, 0.15) is 24.0 Å². The summed E-state index contributed by atoms with van der Waals surface area (Å²) in [5.41, 5.74) is 6.94. The summed E-state index contributed by atoms with van der Waals surface area (Å²) >= 11 is 0. The predicted octanol–water partition coefficient (Wildman–Crippen LogP) is 2.29. The van der Waals surface area contributed by atoms with Crippen LogP contribution in [0.15, 0.2) is 60.7 Å². The Morgan fingerprint density at radius 3 is 2.03 bits per heavy atom. The third-order valence-corrected chi connectivity index (χ3v) is 4.00. The largest absolute Gasteiger partial charge is 0.459 e. The molecule has 1 amide bonds. The summed E-state index contributed by atoms with van der Waals surface area (Å²) in [7, 11) is 0. The van der Waals surface area contributed by atoms with Crippen LogP contribution in [0.4, 0.5) is 4.79 Å². The minimum atomic E-state index is -0.865. The Morgan fingerprint density at radius 1 is 0.931 bits per heavy atom. The van der Waals surface area contributed by atoms with E-state index in [1.54, 1.807) is 0 Å². The van der Waals surface area contributed by atoms with Gasteiger partial charge in [0.1, 0.15) is 19.3 Å². The molecule has 0 spiro atoms. The van der Waals surface area contributed by atoms with Gasteiger partial charge in [-0.25, -0.2) is 9.59 Å². The van der Waals surface area contributed by atoms with E-state index in [1.807, 2.05) is 60.7 Å². The molecule has 0 radical (unpaired) electrons. The van der Waals surface area contributed by atoms with Crippen molar-refractivity contribution in [2.75, 3.05) is 6.54 Å². The molecule has 0 aliphatic carbocycles. The van der Waals surface area contributed by atoms with Gasteiger partial charge in [0.15, 0.2) is 5.96 Å². The summed E-state index contributed by atoms with van der Waals surface area (Å²) < 4.78 is 10.5. The van der Waals surface area contributed by atoms with Crippen LogP contribution in [0.5, 0.6) is 0 Å². The normalized spacial score (nSPS) is 11.2. The van der Waals surface area contributed by atoms with Gasteiger partial charge in [-0.1, -0.05) is 60.7 Å². The molecule has 2 aromatic rings. The van der Waals surface area contributed by atoms with Gasteiger partial charge < -0.3 is 25.8 Å². The maximum absolute atomic E-state index is 12.5. The van der Waals surface area contributed by atoms with Gasteiger partial charge in [-0.3, -0.25) is 5.41 Å². The number of hydrogen-bond donors (Lipinski definition) is 4. The van der Waals surface area contributed by atoms with E-state index in [2.05, 4.69) is 10.6 Å². The van der Waals surface area contributed by atoms with E-state index in [0.29, 0.717) is 19.4 Å². The molecular formula is C21H26N4O4.